The molecule has 1 heteroatoms. The van der Waals surface area contributed by atoms with Crippen LogP contribution in [0.3, 0.4) is 0 Å². The van der Waals surface area contributed by atoms with Gasteiger partial charge in [-0.15, -0.1) is 0 Å². The molecule has 0 aromatic heterocycles. The Morgan fingerprint density at radius 1 is 1.44 bits per heavy atom. The van der Waals surface area contributed by atoms with E-state index in [1.165, 1.54) is 23.3 Å². The summed E-state index contributed by atoms with van der Waals surface area (Å²) in [6.07, 6.45) is 6.75. The third kappa shape index (κ3) is 1.75. The van der Waals surface area contributed by atoms with Crippen molar-refractivity contribution < 1.29 is 0 Å². The van der Waals surface area contributed by atoms with E-state index in [0.29, 0.717) is 0 Å². The zero-order valence-electron chi connectivity index (χ0n) is 5.68. The highest BCUT2D eigenvalue weighted by Gasteiger charge is 2.07. The van der Waals surface area contributed by atoms with Crippen LogP contribution in [0.2, 0.25) is 0 Å². The van der Waals surface area contributed by atoms with E-state index >= 15 is 0 Å². The first kappa shape index (κ1) is 6.69. The predicted molar refractivity (Wildman–Crippen MR) is 45.6 cm³/mol. The van der Waals surface area contributed by atoms with Crippen molar-refractivity contribution in [3.63, 3.8) is 0 Å². The van der Waals surface area contributed by atoms with Gasteiger partial charge in [-0.05, 0) is 19.4 Å². The van der Waals surface area contributed by atoms with Crippen LogP contribution in [0.1, 0.15) is 19.8 Å². The molecule has 0 fully saturated rings. The molecule has 0 unspecified atom stereocenters. The van der Waals surface area contributed by atoms with Gasteiger partial charge in [0.2, 0.25) is 16.3 Å². The van der Waals surface area contributed by atoms with Crippen LogP contribution in [0.25, 0.3) is 0 Å². The van der Waals surface area contributed by atoms with Crippen LogP contribution >= 0.6 is 0 Å². The zero-order valence-corrected chi connectivity index (χ0v) is 6.50. The van der Waals surface area contributed by atoms with Gasteiger partial charge in [0.25, 0.3) is 0 Å². The summed E-state index contributed by atoms with van der Waals surface area (Å²) in [6, 6.07) is 0. The Balaban J connectivity index is 2.69. The maximum absolute atomic E-state index is 3.75. The molecule has 0 saturated carbocycles. The second-order valence-electron chi connectivity index (χ2n) is 2.29. The minimum Gasteiger partial charge on any atom is -0.0726 e. The maximum atomic E-state index is 3.75. The fourth-order valence-corrected chi connectivity index (χ4v) is 1.25. The molecule has 1 aliphatic rings. The highest BCUT2D eigenvalue weighted by atomic mass is 32.1. The Labute approximate surface area is 60.2 Å². The number of hydrogen-bond donors (Lipinski definition) is 0. The first-order valence-electron chi connectivity index (χ1n) is 3.11. The first-order valence-corrected chi connectivity index (χ1v) is 4.10. The molecule has 0 spiro atoms. The van der Waals surface area contributed by atoms with Crippen LogP contribution in [-0.4, -0.2) is 5.87 Å². The van der Waals surface area contributed by atoms with E-state index in [0.717, 1.165) is 0 Å². The van der Waals surface area contributed by atoms with Crippen molar-refractivity contribution in [1.29, 1.82) is 0 Å². The maximum Gasteiger partial charge on any atom is 0.207 e. The normalized spacial score (nSPS) is 18.3. The van der Waals surface area contributed by atoms with Crippen LogP contribution in [0, 0.1) is 0 Å². The average Bonchev–Trinajstić information content (AvgIpc) is 1.90. The van der Waals surface area contributed by atoms with Gasteiger partial charge in [0, 0.05) is 6.42 Å². The summed E-state index contributed by atoms with van der Waals surface area (Å²) in [5.41, 5.74) is 1.48. The molecule has 0 amide bonds. The summed E-state index contributed by atoms with van der Waals surface area (Å²) in [7, 11) is 0. The predicted octanol–water partition coefficient (Wildman–Crippen LogP) is 2.12. The fourth-order valence-electron chi connectivity index (χ4n) is 0.843. The third-order valence-corrected chi connectivity index (χ3v) is 2.22. The third-order valence-electron chi connectivity index (χ3n) is 1.50. The van der Waals surface area contributed by atoms with Crippen LogP contribution in [0.4, 0.5) is 0 Å². The van der Waals surface area contributed by atoms with E-state index < -0.39 is 0 Å². The molecule has 0 radical (unpaired) electrons. The minimum absolute atomic E-state index is 1.19. The van der Waals surface area contributed by atoms with Crippen molar-refractivity contribution in [2.45, 2.75) is 19.8 Å². The second kappa shape index (κ2) is 2.92. The van der Waals surface area contributed by atoms with Gasteiger partial charge < -0.3 is 0 Å². The van der Waals surface area contributed by atoms with Gasteiger partial charge in [0.05, 0.1) is 0 Å². The highest BCUT2D eigenvalue weighted by molar-refractivity contribution is 7.80. The summed E-state index contributed by atoms with van der Waals surface area (Å²) < 4.78 is 0. The van der Waals surface area contributed by atoms with Crippen molar-refractivity contribution in [3.8, 4) is 0 Å². The van der Waals surface area contributed by atoms with Gasteiger partial charge in [-0.2, -0.15) is 0 Å². The van der Waals surface area contributed by atoms with Gasteiger partial charge in [0.15, 0.2) is 5.87 Å². The van der Waals surface area contributed by atoms with E-state index in [4.69, 9.17) is 0 Å². The fraction of sp³-hybridized carbons (Fsp3) is 0.375. The molecule has 0 atom stereocenters. The summed E-state index contributed by atoms with van der Waals surface area (Å²) >= 11 is 1.61. The van der Waals surface area contributed by atoms with E-state index in [1.807, 2.05) is 0 Å². The Kier molecular flexibility index (Phi) is 2.17. The molecule has 1 rings (SSSR count). The SMILES string of the molecule is C=[S+]C1=CC=C(C)CC1. The smallest absolute Gasteiger partial charge is 0.0726 e. The van der Waals surface area contributed by atoms with Crippen LogP contribution in [0.15, 0.2) is 22.6 Å². The monoisotopic (exact) mass is 139 g/mol. The van der Waals surface area contributed by atoms with Crippen molar-refractivity contribution >= 4 is 17.2 Å². The van der Waals surface area contributed by atoms with Gasteiger partial charge in [0.1, 0.15) is 0 Å². The Hall–Kier alpha value is -0.430. The summed E-state index contributed by atoms with van der Waals surface area (Å²) in [4.78, 5) is 1.40. The topological polar surface area (TPSA) is 0 Å². The van der Waals surface area contributed by atoms with Gasteiger partial charge in [-0.25, -0.2) is 0 Å². The zero-order chi connectivity index (χ0) is 6.69. The van der Waals surface area contributed by atoms with Gasteiger partial charge in [-0.3, -0.25) is 0 Å². The number of rotatable bonds is 1. The van der Waals surface area contributed by atoms with Crippen LogP contribution in [0.5, 0.6) is 0 Å². The van der Waals surface area contributed by atoms with Gasteiger partial charge >= 0.3 is 0 Å². The summed E-state index contributed by atoms with van der Waals surface area (Å²) in [5, 5.41) is 0. The molecular weight excluding hydrogens is 128 g/mol. The van der Waals surface area contributed by atoms with Crippen molar-refractivity contribution in [3.05, 3.63) is 22.6 Å². The number of allylic oxidation sites excluding steroid dienone is 4. The molecule has 1 aliphatic carbocycles. The van der Waals surface area contributed by atoms with E-state index in [2.05, 4.69) is 24.9 Å². The highest BCUT2D eigenvalue weighted by Crippen LogP contribution is 2.16. The number of hydrogen-bond acceptors (Lipinski definition) is 0. The van der Waals surface area contributed by atoms with E-state index in [-0.39, 0.29) is 0 Å². The molecule has 9 heavy (non-hydrogen) atoms. The first-order chi connectivity index (χ1) is 4.33. The van der Waals surface area contributed by atoms with Crippen LogP contribution in [-0.2, 0) is 11.4 Å². The standard InChI is InChI=1S/C8H11S/c1-7-3-5-8(9-2)6-4-7/h3,5H,2,4,6H2,1H3/q+1. The molecule has 0 saturated heterocycles. The van der Waals surface area contributed by atoms with Crippen molar-refractivity contribution in [2.24, 2.45) is 0 Å². The summed E-state index contributed by atoms with van der Waals surface area (Å²) in [6.45, 7) is 2.17. The van der Waals surface area contributed by atoms with E-state index in [1.54, 1.807) is 11.4 Å². The Morgan fingerprint density at radius 3 is 2.67 bits per heavy atom. The van der Waals surface area contributed by atoms with E-state index in [9.17, 15) is 0 Å². The lowest BCUT2D eigenvalue weighted by Gasteiger charge is -1.99. The Morgan fingerprint density at radius 2 is 2.22 bits per heavy atom. The van der Waals surface area contributed by atoms with Crippen molar-refractivity contribution in [2.75, 3.05) is 0 Å². The lowest BCUT2D eigenvalue weighted by Crippen LogP contribution is -1.88. The minimum atomic E-state index is 1.19. The lowest BCUT2D eigenvalue weighted by atomic mass is 10.1. The lowest BCUT2D eigenvalue weighted by molar-refractivity contribution is 0.950. The molecule has 0 N–H and O–H groups in total. The molecule has 0 heterocycles. The Bertz CT molecular complexity index is 175. The van der Waals surface area contributed by atoms with Crippen molar-refractivity contribution in [1.82, 2.24) is 0 Å². The molecule has 0 bridgehead atoms. The molecular formula is C8H11S+. The molecule has 0 aliphatic heterocycles. The van der Waals surface area contributed by atoms with Crippen LogP contribution < -0.4 is 0 Å². The molecule has 48 valence electrons. The molecule has 0 aromatic carbocycles. The quantitative estimate of drug-likeness (QED) is 0.385. The average molecular weight is 139 g/mol. The van der Waals surface area contributed by atoms with Gasteiger partial charge in [-0.1, -0.05) is 11.6 Å². The summed E-state index contributed by atoms with van der Waals surface area (Å²) in [5.74, 6) is 3.75. The largest absolute Gasteiger partial charge is 0.207 e. The molecule has 0 aromatic rings. The molecule has 0 nitrogen and oxygen atoms in total. The second-order valence-corrected chi connectivity index (χ2v) is 3.10.